The van der Waals surface area contributed by atoms with E-state index in [0.29, 0.717) is 6.54 Å². The lowest BCUT2D eigenvalue weighted by Crippen LogP contribution is -2.40. The first-order valence-corrected chi connectivity index (χ1v) is 5.84. The molecular weight excluding hydrogens is 206 g/mol. The summed E-state index contributed by atoms with van der Waals surface area (Å²) in [6, 6.07) is 0. The number of carboxylic acid groups (broad SMARTS) is 1. The molecule has 1 fully saturated rings. The third kappa shape index (κ3) is 1.72. The van der Waals surface area contributed by atoms with Gasteiger partial charge in [-0.2, -0.15) is 0 Å². The van der Waals surface area contributed by atoms with Gasteiger partial charge >= 0.3 is 5.97 Å². The van der Waals surface area contributed by atoms with E-state index in [-0.39, 0.29) is 23.7 Å². The summed E-state index contributed by atoms with van der Waals surface area (Å²) in [5, 5.41) is 12.0. The van der Waals surface area contributed by atoms with Crippen LogP contribution in [0.2, 0.25) is 0 Å². The number of rotatable bonds is 4. The summed E-state index contributed by atoms with van der Waals surface area (Å²) >= 11 is 0. The molecule has 2 aliphatic carbocycles. The Kier molecular flexibility index (Phi) is 2.99. The maximum Gasteiger partial charge on any atom is 0.307 e. The van der Waals surface area contributed by atoms with Gasteiger partial charge in [0.25, 0.3) is 0 Å². The molecule has 4 atom stereocenters. The second-order valence-electron chi connectivity index (χ2n) is 4.63. The second kappa shape index (κ2) is 4.28. The van der Waals surface area contributed by atoms with Crippen molar-refractivity contribution in [2.45, 2.75) is 19.8 Å². The van der Waals surface area contributed by atoms with Crippen LogP contribution in [-0.2, 0) is 9.59 Å². The highest BCUT2D eigenvalue weighted by atomic mass is 16.4. The zero-order chi connectivity index (χ0) is 11.7. The molecule has 0 heterocycles. The molecule has 0 spiro atoms. The highest BCUT2D eigenvalue weighted by Crippen LogP contribution is 2.48. The average Bonchev–Trinajstić information content (AvgIpc) is 2.84. The first-order valence-electron chi connectivity index (χ1n) is 5.84. The third-order valence-electron chi connectivity index (χ3n) is 3.60. The van der Waals surface area contributed by atoms with Gasteiger partial charge in [-0.1, -0.05) is 19.1 Å². The number of amides is 1. The first kappa shape index (κ1) is 11.2. The Bertz CT molecular complexity index is 337. The molecule has 0 aromatic rings. The topological polar surface area (TPSA) is 66.4 Å². The van der Waals surface area contributed by atoms with Crippen LogP contribution in [0, 0.1) is 23.7 Å². The van der Waals surface area contributed by atoms with E-state index < -0.39 is 11.9 Å². The Labute approximate surface area is 94.7 Å². The molecule has 2 N–H and O–H groups in total. The average molecular weight is 223 g/mol. The van der Waals surface area contributed by atoms with Crippen molar-refractivity contribution in [1.29, 1.82) is 0 Å². The summed E-state index contributed by atoms with van der Waals surface area (Å²) < 4.78 is 0. The molecule has 16 heavy (non-hydrogen) atoms. The van der Waals surface area contributed by atoms with Crippen molar-refractivity contribution in [1.82, 2.24) is 5.32 Å². The monoisotopic (exact) mass is 223 g/mol. The lowest BCUT2D eigenvalue weighted by atomic mass is 9.82. The Morgan fingerprint density at radius 1 is 1.31 bits per heavy atom. The van der Waals surface area contributed by atoms with Crippen molar-refractivity contribution in [3.63, 3.8) is 0 Å². The summed E-state index contributed by atoms with van der Waals surface area (Å²) in [6.07, 6.45) is 5.65. The molecule has 4 heteroatoms. The maximum absolute atomic E-state index is 11.9. The summed E-state index contributed by atoms with van der Waals surface area (Å²) in [5.74, 6) is -1.63. The van der Waals surface area contributed by atoms with Crippen molar-refractivity contribution < 1.29 is 14.7 Å². The zero-order valence-electron chi connectivity index (χ0n) is 9.35. The second-order valence-corrected chi connectivity index (χ2v) is 4.63. The number of allylic oxidation sites excluding steroid dienone is 2. The van der Waals surface area contributed by atoms with E-state index in [4.69, 9.17) is 5.11 Å². The first-order chi connectivity index (χ1) is 7.65. The minimum atomic E-state index is -0.839. The Balaban J connectivity index is 2.10. The third-order valence-corrected chi connectivity index (χ3v) is 3.60. The molecule has 0 aromatic heterocycles. The van der Waals surface area contributed by atoms with Gasteiger partial charge in [-0.15, -0.1) is 0 Å². The highest BCUT2D eigenvalue weighted by molar-refractivity contribution is 5.86. The smallest absolute Gasteiger partial charge is 0.307 e. The number of fused-ring (bicyclic) bond motifs is 2. The number of carbonyl (C=O) groups excluding carboxylic acids is 1. The van der Waals surface area contributed by atoms with Gasteiger partial charge in [0.2, 0.25) is 5.91 Å². The van der Waals surface area contributed by atoms with Crippen molar-refractivity contribution >= 4 is 11.9 Å². The molecule has 1 saturated carbocycles. The molecule has 2 bridgehead atoms. The van der Waals surface area contributed by atoms with Crippen LogP contribution in [0.25, 0.3) is 0 Å². The van der Waals surface area contributed by atoms with Gasteiger partial charge in [-0.05, 0) is 24.7 Å². The minimum absolute atomic E-state index is 0.0554. The van der Waals surface area contributed by atoms with E-state index in [2.05, 4.69) is 5.32 Å². The molecule has 0 radical (unpaired) electrons. The lowest BCUT2D eigenvalue weighted by Gasteiger charge is -2.23. The number of hydrogen-bond acceptors (Lipinski definition) is 2. The zero-order valence-corrected chi connectivity index (χ0v) is 9.35. The fourth-order valence-electron chi connectivity index (χ4n) is 2.88. The van der Waals surface area contributed by atoms with Crippen molar-refractivity contribution in [3.05, 3.63) is 12.2 Å². The minimum Gasteiger partial charge on any atom is -0.481 e. The molecule has 0 aromatic carbocycles. The lowest BCUT2D eigenvalue weighted by molar-refractivity contribution is -0.147. The van der Waals surface area contributed by atoms with E-state index in [1.807, 2.05) is 19.1 Å². The van der Waals surface area contributed by atoms with Crippen molar-refractivity contribution in [2.24, 2.45) is 23.7 Å². The molecule has 4 nitrogen and oxygen atoms in total. The summed E-state index contributed by atoms with van der Waals surface area (Å²) in [4.78, 5) is 23.1. The molecule has 0 aliphatic heterocycles. The van der Waals surface area contributed by atoms with Crippen molar-refractivity contribution in [3.8, 4) is 0 Å². The van der Waals surface area contributed by atoms with E-state index in [9.17, 15) is 9.59 Å². The van der Waals surface area contributed by atoms with Gasteiger partial charge in [-0.3, -0.25) is 9.59 Å². The van der Waals surface area contributed by atoms with Crippen LogP contribution in [0.1, 0.15) is 19.8 Å². The van der Waals surface area contributed by atoms with Crippen LogP contribution in [0.4, 0.5) is 0 Å². The number of nitrogens with one attached hydrogen (secondary N) is 1. The van der Waals surface area contributed by atoms with E-state index >= 15 is 0 Å². The predicted octanol–water partition coefficient (Wildman–Crippen LogP) is 1.04. The molecule has 2 aliphatic rings. The number of carbonyl (C=O) groups is 2. The standard InChI is InChI=1S/C12H17NO3/c1-2-5-13-11(14)9-7-3-4-8(6-7)10(9)12(15)16/h3-4,7-10H,2,5-6H2,1H3,(H,13,14)(H,15,16)/t7-,8-,9-,10-/m0/s1. The number of hydrogen-bond donors (Lipinski definition) is 2. The fourth-order valence-corrected chi connectivity index (χ4v) is 2.88. The Morgan fingerprint density at radius 3 is 2.50 bits per heavy atom. The quantitative estimate of drug-likeness (QED) is 0.700. The number of aliphatic carboxylic acids is 1. The van der Waals surface area contributed by atoms with E-state index in [1.165, 1.54) is 0 Å². The molecule has 0 unspecified atom stereocenters. The highest BCUT2D eigenvalue weighted by Gasteiger charge is 2.51. The predicted molar refractivity (Wildman–Crippen MR) is 58.7 cm³/mol. The van der Waals surface area contributed by atoms with Gasteiger partial charge in [0.15, 0.2) is 0 Å². The van der Waals surface area contributed by atoms with Crippen LogP contribution in [0.15, 0.2) is 12.2 Å². The van der Waals surface area contributed by atoms with Crippen LogP contribution in [0.3, 0.4) is 0 Å². The fraction of sp³-hybridized carbons (Fsp3) is 0.667. The molecular formula is C12H17NO3. The largest absolute Gasteiger partial charge is 0.481 e. The van der Waals surface area contributed by atoms with E-state index in [1.54, 1.807) is 0 Å². The van der Waals surface area contributed by atoms with E-state index in [0.717, 1.165) is 12.8 Å². The van der Waals surface area contributed by atoms with Gasteiger partial charge in [0.1, 0.15) is 0 Å². The van der Waals surface area contributed by atoms with Crippen LogP contribution >= 0.6 is 0 Å². The SMILES string of the molecule is CCCNC(=O)[C@@H]1[C@@H](C(=O)O)[C@H]2C=C[C@H]1C2. The molecule has 88 valence electrons. The van der Waals surface area contributed by atoms with Gasteiger partial charge in [-0.25, -0.2) is 0 Å². The Morgan fingerprint density at radius 2 is 1.94 bits per heavy atom. The molecule has 2 rings (SSSR count). The van der Waals surface area contributed by atoms with Gasteiger partial charge in [0.05, 0.1) is 11.8 Å². The van der Waals surface area contributed by atoms with Gasteiger partial charge in [0, 0.05) is 6.54 Å². The maximum atomic E-state index is 11.9. The van der Waals surface area contributed by atoms with Crippen molar-refractivity contribution in [2.75, 3.05) is 6.54 Å². The molecule has 1 amide bonds. The van der Waals surface area contributed by atoms with Crippen LogP contribution in [-0.4, -0.2) is 23.5 Å². The summed E-state index contributed by atoms with van der Waals surface area (Å²) in [5.41, 5.74) is 0. The summed E-state index contributed by atoms with van der Waals surface area (Å²) in [7, 11) is 0. The van der Waals surface area contributed by atoms with Gasteiger partial charge < -0.3 is 10.4 Å². The Hall–Kier alpha value is -1.32. The van der Waals surface area contributed by atoms with Crippen LogP contribution in [0.5, 0.6) is 0 Å². The summed E-state index contributed by atoms with van der Waals surface area (Å²) in [6.45, 7) is 2.61. The van der Waals surface area contributed by atoms with Crippen LogP contribution < -0.4 is 5.32 Å². The number of carboxylic acids is 1. The molecule has 0 saturated heterocycles. The normalized spacial score (nSPS) is 35.3.